The Morgan fingerprint density at radius 3 is 2.67 bits per heavy atom. The predicted molar refractivity (Wildman–Crippen MR) is 70.1 cm³/mol. The standard InChI is InChI=1S/C14H10F3N3O/c1-9-5-6-10(8-18)13(19-9)20-11-3-2-4-12(7-11)21-14(15,16)17/h2-7H,1H3,(H,19,20). The molecule has 21 heavy (non-hydrogen) atoms. The SMILES string of the molecule is Cc1ccc(C#N)c(Nc2cccc(OC(F)(F)F)c2)n1. The number of hydrogen-bond donors (Lipinski definition) is 1. The van der Waals surface area contributed by atoms with Gasteiger partial charge in [-0.1, -0.05) is 6.07 Å². The fraction of sp³-hybridized carbons (Fsp3) is 0.143. The molecule has 0 saturated heterocycles. The molecule has 1 heterocycles. The minimum atomic E-state index is -4.75. The minimum Gasteiger partial charge on any atom is -0.406 e. The average molecular weight is 293 g/mol. The van der Waals surface area contributed by atoms with Gasteiger partial charge in [0.2, 0.25) is 0 Å². The Labute approximate surface area is 118 Å². The smallest absolute Gasteiger partial charge is 0.406 e. The Hall–Kier alpha value is -2.75. The summed E-state index contributed by atoms with van der Waals surface area (Å²) in [7, 11) is 0. The second-order valence-corrected chi connectivity index (χ2v) is 4.16. The molecule has 0 bridgehead atoms. The number of ether oxygens (including phenoxy) is 1. The van der Waals surface area contributed by atoms with Crippen LogP contribution in [0.15, 0.2) is 36.4 Å². The van der Waals surface area contributed by atoms with Crippen LogP contribution < -0.4 is 10.1 Å². The van der Waals surface area contributed by atoms with Gasteiger partial charge in [0, 0.05) is 17.4 Å². The van der Waals surface area contributed by atoms with Crippen LogP contribution in [-0.2, 0) is 0 Å². The zero-order valence-electron chi connectivity index (χ0n) is 10.9. The summed E-state index contributed by atoms with van der Waals surface area (Å²) in [6.45, 7) is 1.75. The Morgan fingerprint density at radius 1 is 1.24 bits per heavy atom. The van der Waals surface area contributed by atoms with E-state index in [0.29, 0.717) is 16.9 Å². The highest BCUT2D eigenvalue weighted by atomic mass is 19.4. The van der Waals surface area contributed by atoms with E-state index in [2.05, 4.69) is 15.0 Å². The quantitative estimate of drug-likeness (QED) is 0.932. The molecular weight excluding hydrogens is 283 g/mol. The summed E-state index contributed by atoms with van der Waals surface area (Å²) in [5, 5.41) is 11.8. The van der Waals surface area contributed by atoms with E-state index in [9.17, 15) is 13.2 Å². The van der Waals surface area contributed by atoms with Gasteiger partial charge in [-0.15, -0.1) is 13.2 Å². The second-order valence-electron chi connectivity index (χ2n) is 4.16. The summed E-state index contributed by atoms with van der Waals surface area (Å²) >= 11 is 0. The van der Waals surface area contributed by atoms with Crippen LogP contribution in [0.25, 0.3) is 0 Å². The lowest BCUT2D eigenvalue weighted by Gasteiger charge is -2.11. The van der Waals surface area contributed by atoms with Crippen molar-refractivity contribution in [1.82, 2.24) is 4.98 Å². The number of hydrogen-bond acceptors (Lipinski definition) is 4. The van der Waals surface area contributed by atoms with Crippen molar-refractivity contribution in [2.24, 2.45) is 0 Å². The van der Waals surface area contributed by atoms with Crippen molar-refractivity contribution in [3.63, 3.8) is 0 Å². The molecule has 7 heteroatoms. The molecule has 0 aliphatic heterocycles. The molecule has 0 spiro atoms. The molecule has 1 aromatic carbocycles. The summed E-state index contributed by atoms with van der Waals surface area (Å²) in [4.78, 5) is 4.15. The van der Waals surface area contributed by atoms with Gasteiger partial charge in [-0.3, -0.25) is 0 Å². The summed E-state index contributed by atoms with van der Waals surface area (Å²) < 4.78 is 40.4. The van der Waals surface area contributed by atoms with Gasteiger partial charge >= 0.3 is 6.36 Å². The third kappa shape index (κ3) is 4.11. The molecule has 0 unspecified atom stereocenters. The van der Waals surface area contributed by atoms with E-state index in [4.69, 9.17) is 5.26 Å². The van der Waals surface area contributed by atoms with Crippen LogP contribution in [0.3, 0.4) is 0 Å². The molecule has 0 aliphatic rings. The van der Waals surface area contributed by atoms with Crippen LogP contribution in [-0.4, -0.2) is 11.3 Å². The number of alkyl halides is 3. The van der Waals surface area contributed by atoms with Crippen LogP contribution in [0, 0.1) is 18.3 Å². The largest absolute Gasteiger partial charge is 0.573 e. The van der Waals surface area contributed by atoms with E-state index >= 15 is 0 Å². The molecule has 108 valence electrons. The predicted octanol–water partition coefficient (Wildman–Crippen LogP) is 3.90. The highest BCUT2D eigenvalue weighted by Crippen LogP contribution is 2.27. The Morgan fingerprint density at radius 2 is 2.00 bits per heavy atom. The monoisotopic (exact) mass is 293 g/mol. The van der Waals surface area contributed by atoms with E-state index in [0.717, 1.165) is 0 Å². The van der Waals surface area contributed by atoms with Crippen molar-refractivity contribution in [3.8, 4) is 11.8 Å². The summed E-state index contributed by atoms with van der Waals surface area (Å²) in [5.74, 6) is -0.0691. The first kappa shape index (κ1) is 14.7. The zero-order chi connectivity index (χ0) is 15.5. The van der Waals surface area contributed by atoms with Crippen molar-refractivity contribution >= 4 is 11.5 Å². The Bertz CT molecular complexity index is 693. The number of pyridine rings is 1. The third-order valence-corrected chi connectivity index (χ3v) is 2.49. The molecular formula is C14H10F3N3O. The van der Waals surface area contributed by atoms with Crippen LogP contribution in [0.5, 0.6) is 5.75 Å². The number of anilines is 2. The number of nitrogens with zero attached hydrogens (tertiary/aromatic N) is 2. The number of rotatable bonds is 3. The fourth-order valence-electron chi connectivity index (χ4n) is 1.65. The molecule has 1 aromatic heterocycles. The van der Waals surface area contributed by atoms with E-state index in [-0.39, 0.29) is 11.6 Å². The van der Waals surface area contributed by atoms with Crippen molar-refractivity contribution in [1.29, 1.82) is 5.26 Å². The highest BCUT2D eigenvalue weighted by Gasteiger charge is 2.31. The third-order valence-electron chi connectivity index (χ3n) is 2.49. The number of nitriles is 1. The lowest BCUT2D eigenvalue weighted by Crippen LogP contribution is -2.17. The van der Waals surface area contributed by atoms with Crippen LogP contribution in [0.4, 0.5) is 24.7 Å². The van der Waals surface area contributed by atoms with Gasteiger partial charge in [0.05, 0.1) is 5.56 Å². The lowest BCUT2D eigenvalue weighted by atomic mass is 10.2. The van der Waals surface area contributed by atoms with E-state index in [1.165, 1.54) is 18.2 Å². The average Bonchev–Trinajstić information content (AvgIpc) is 2.37. The summed E-state index contributed by atoms with van der Waals surface area (Å²) in [6, 6.07) is 10.5. The topological polar surface area (TPSA) is 57.9 Å². The highest BCUT2D eigenvalue weighted by molar-refractivity contribution is 5.63. The van der Waals surface area contributed by atoms with Gasteiger partial charge in [0.1, 0.15) is 17.6 Å². The van der Waals surface area contributed by atoms with Gasteiger partial charge in [0.15, 0.2) is 0 Å². The first-order valence-electron chi connectivity index (χ1n) is 5.88. The number of nitrogens with one attached hydrogen (secondary N) is 1. The van der Waals surface area contributed by atoms with E-state index in [1.54, 1.807) is 25.1 Å². The first-order chi connectivity index (χ1) is 9.87. The van der Waals surface area contributed by atoms with Crippen molar-refractivity contribution in [2.45, 2.75) is 13.3 Å². The molecule has 0 saturated carbocycles. The maximum Gasteiger partial charge on any atom is 0.573 e. The van der Waals surface area contributed by atoms with Gasteiger partial charge in [-0.05, 0) is 31.2 Å². The van der Waals surface area contributed by atoms with Crippen LogP contribution >= 0.6 is 0 Å². The maximum atomic E-state index is 12.2. The second kappa shape index (κ2) is 5.71. The molecule has 0 aliphatic carbocycles. The molecule has 0 fully saturated rings. The van der Waals surface area contributed by atoms with E-state index < -0.39 is 6.36 Å². The van der Waals surface area contributed by atoms with Gasteiger partial charge in [-0.25, -0.2) is 4.98 Å². The molecule has 2 rings (SSSR count). The lowest BCUT2D eigenvalue weighted by molar-refractivity contribution is -0.274. The van der Waals surface area contributed by atoms with E-state index in [1.807, 2.05) is 6.07 Å². The number of halogens is 3. The molecule has 0 radical (unpaired) electrons. The van der Waals surface area contributed by atoms with Crippen LogP contribution in [0.1, 0.15) is 11.3 Å². The van der Waals surface area contributed by atoms with Crippen molar-refractivity contribution in [2.75, 3.05) is 5.32 Å². The molecule has 4 nitrogen and oxygen atoms in total. The van der Waals surface area contributed by atoms with Crippen molar-refractivity contribution in [3.05, 3.63) is 47.7 Å². The number of aromatic nitrogens is 1. The molecule has 0 atom stereocenters. The Balaban J connectivity index is 2.27. The minimum absolute atomic E-state index is 0.279. The number of aryl methyl sites for hydroxylation is 1. The molecule has 0 amide bonds. The van der Waals surface area contributed by atoms with Crippen molar-refractivity contribution < 1.29 is 17.9 Å². The molecule has 2 aromatic rings. The van der Waals surface area contributed by atoms with Gasteiger partial charge < -0.3 is 10.1 Å². The molecule has 1 N–H and O–H groups in total. The summed E-state index contributed by atoms with van der Waals surface area (Å²) in [6.07, 6.45) is -4.75. The Kier molecular flexibility index (Phi) is 3.98. The maximum absolute atomic E-state index is 12.2. The van der Waals surface area contributed by atoms with Gasteiger partial charge in [0.25, 0.3) is 0 Å². The normalized spacial score (nSPS) is 10.8. The number of benzene rings is 1. The fourth-order valence-corrected chi connectivity index (χ4v) is 1.65. The first-order valence-corrected chi connectivity index (χ1v) is 5.88. The summed E-state index contributed by atoms with van der Waals surface area (Å²) in [5.41, 5.74) is 1.31. The van der Waals surface area contributed by atoms with Gasteiger partial charge in [-0.2, -0.15) is 5.26 Å². The zero-order valence-corrected chi connectivity index (χ0v) is 10.9. The van der Waals surface area contributed by atoms with Crippen LogP contribution in [0.2, 0.25) is 0 Å².